The Bertz CT molecular complexity index is 580. The van der Waals surface area contributed by atoms with Crippen molar-refractivity contribution in [1.82, 2.24) is 0 Å². The first kappa shape index (κ1) is 14.7. The van der Waals surface area contributed by atoms with Gasteiger partial charge in [0, 0.05) is 9.90 Å². The van der Waals surface area contributed by atoms with Gasteiger partial charge in [-0.3, -0.25) is 0 Å². The lowest BCUT2D eigenvalue weighted by molar-refractivity contribution is 0.318. The predicted molar refractivity (Wildman–Crippen MR) is 90.6 cm³/mol. The molecular weight excluding hydrogens is 302 g/mol. The molecule has 1 atom stereocenters. The number of benzene rings is 1. The Labute approximate surface area is 135 Å². The van der Waals surface area contributed by atoms with Crippen molar-refractivity contribution < 1.29 is 4.74 Å². The molecule has 1 heterocycles. The fourth-order valence-electron chi connectivity index (χ4n) is 2.44. The van der Waals surface area contributed by atoms with Crippen molar-refractivity contribution >= 4 is 28.6 Å². The number of anilines is 1. The first-order valence-corrected chi connectivity index (χ1v) is 8.76. The topological polar surface area (TPSA) is 21.3 Å². The van der Waals surface area contributed by atoms with Gasteiger partial charge in [0.25, 0.3) is 0 Å². The third-order valence-corrected chi connectivity index (χ3v) is 4.85. The molecule has 21 heavy (non-hydrogen) atoms. The van der Waals surface area contributed by atoms with Crippen LogP contribution in [0.4, 0.5) is 5.69 Å². The van der Waals surface area contributed by atoms with E-state index in [0.29, 0.717) is 6.04 Å². The summed E-state index contributed by atoms with van der Waals surface area (Å²) in [5.41, 5.74) is 1.00. The maximum absolute atomic E-state index is 6.16. The van der Waals surface area contributed by atoms with Gasteiger partial charge < -0.3 is 10.1 Å². The summed E-state index contributed by atoms with van der Waals surface area (Å²) in [6, 6.07) is 10.5. The molecule has 1 fully saturated rings. The number of nitrogens with one attached hydrogen (secondary N) is 1. The Balaban J connectivity index is 1.83. The highest BCUT2D eigenvalue weighted by Crippen LogP contribution is 2.45. The molecule has 4 heteroatoms. The van der Waals surface area contributed by atoms with Crippen LogP contribution >= 0.6 is 22.9 Å². The molecule has 1 aliphatic carbocycles. The zero-order valence-electron chi connectivity index (χ0n) is 12.1. The summed E-state index contributed by atoms with van der Waals surface area (Å²) >= 11 is 7.97. The summed E-state index contributed by atoms with van der Waals surface area (Å²) < 4.78 is 5.84. The van der Waals surface area contributed by atoms with Crippen LogP contribution in [0.25, 0.3) is 0 Å². The molecule has 0 amide bonds. The second-order valence-corrected chi connectivity index (χ2v) is 6.88. The highest BCUT2D eigenvalue weighted by atomic mass is 35.5. The van der Waals surface area contributed by atoms with Crippen molar-refractivity contribution in [3.63, 3.8) is 0 Å². The zero-order valence-corrected chi connectivity index (χ0v) is 13.7. The van der Waals surface area contributed by atoms with Gasteiger partial charge in [-0.15, -0.1) is 11.3 Å². The first-order chi connectivity index (χ1) is 10.3. The largest absolute Gasteiger partial charge is 0.491 e. The normalized spacial score (nSPS) is 15.7. The summed E-state index contributed by atoms with van der Waals surface area (Å²) in [4.78, 5) is 1.39. The summed E-state index contributed by atoms with van der Waals surface area (Å²) in [6.45, 7) is 2.84. The zero-order chi connectivity index (χ0) is 14.7. The summed E-state index contributed by atoms with van der Waals surface area (Å²) in [5, 5.41) is 6.54. The van der Waals surface area contributed by atoms with Gasteiger partial charge in [0.1, 0.15) is 5.75 Å². The third-order valence-electron chi connectivity index (χ3n) is 3.66. The molecule has 1 aromatic carbocycles. The van der Waals surface area contributed by atoms with E-state index in [4.69, 9.17) is 16.3 Å². The monoisotopic (exact) mass is 321 g/mol. The lowest BCUT2D eigenvalue weighted by atomic mass is 10.1. The van der Waals surface area contributed by atoms with E-state index in [1.165, 1.54) is 17.7 Å². The molecule has 1 unspecified atom stereocenters. The molecule has 1 aromatic heterocycles. The molecule has 1 N–H and O–H groups in total. The molecule has 1 saturated carbocycles. The van der Waals surface area contributed by atoms with Crippen LogP contribution in [0.2, 0.25) is 5.02 Å². The quantitative estimate of drug-likeness (QED) is 0.700. The average Bonchev–Trinajstić information content (AvgIpc) is 3.18. The standard InChI is InChI=1S/C17H20ClNOS/c1-2-9-20-15-8-7-13(18)11-14(15)19-17(12-5-6-12)16-4-3-10-21-16/h3-4,7-8,10-12,17,19H,2,5-6,9H2,1H3. The molecule has 0 saturated heterocycles. The maximum atomic E-state index is 6.16. The molecule has 2 nitrogen and oxygen atoms in total. The minimum absolute atomic E-state index is 0.368. The number of ether oxygens (including phenoxy) is 1. The van der Waals surface area contributed by atoms with Gasteiger partial charge in [0.05, 0.1) is 18.3 Å². The van der Waals surface area contributed by atoms with Gasteiger partial charge in [-0.2, -0.15) is 0 Å². The number of rotatable bonds is 7. The minimum Gasteiger partial charge on any atom is -0.491 e. The van der Waals surface area contributed by atoms with Crippen LogP contribution in [-0.4, -0.2) is 6.61 Å². The number of thiophene rings is 1. The maximum Gasteiger partial charge on any atom is 0.142 e. The average molecular weight is 322 g/mol. The molecule has 0 radical (unpaired) electrons. The van der Waals surface area contributed by atoms with Gasteiger partial charge in [0.15, 0.2) is 0 Å². The Kier molecular flexibility index (Phi) is 4.71. The van der Waals surface area contributed by atoms with E-state index in [1.54, 1.807) is 0 Å². The molecule has 112 valence electrons. The van der Waals surface area contributed by atoms with Gasteiger partial charge in [-0.25, -0.2) is 0 Å². The van der Waals surface area contributed by atoms with Crippen LogP contribution in [0, 0.1) is 5.92 Å². The van der Waals surface area contributed by atoms with Crippen molar-refractivity contribution in [2.75, 3.05) is 11.9 Å². The second-order valence-electron chi connectivity index (χ2n) is 5.46. The first-order valence-electron chi connectivity index (χ1n) is 7.50. The Morgan fingerprint density at radius 2 is 2.24 bits per heavy atom. The van der Waals surface area contributed by atoms with E-state index in [2.05, 4.69) is 29.8 Å². The lowest BCUT2D eigenvalue weighted by Crippen LogP contribution is -2.12. The number of hydrogen-bond acceptors (Lipinski definition) is 3. The molecule has 2 aromatic rings. The van der Waals surface area contributed by atoms with Gasteiger partial charge in [0.2, 0.25) is 0 Å². The summed E-state index contributed by atoms with van der Waals surface area (Å²) in [5.74, 6) is 1.62. The summed E-state index contributed by atoms with van der Waals surface area (Å²) in [6.07, 6.45) is 3.58. The van der Waals surface area contributed by atoms with Gasteiger partial charge in [-0.1, -0.05) is 24.6 Å². The Morgan fingerprint density at radius 1 is 1.38 bits per heavy atom. The highest BCUT2D eigenvalue weighted by Gasteiger charge is 2.33. The molecule has 0 bridgehead atoms. The van der Waals surface area contributed by atoms with Crippen LogP contribution in [-0.2, 0) is 0 Å². The van der Waals surface area contributed by atoms with E-state index in [9.17, 15) is 0 Å². The molecule has 0 aliphatic heterocycles. The Morgan fingerprint density at radius 3 is 2.90 bits per heavy atom. The Hall–Kier alpha value is -1.19. The fraction of sp³-hybridized carbons (Fsp3) is 0.412. The van der Waals surface area contributed by atoms with Crippen LogP contribution in [0.1, 0.15) is 37.1 Å². The molecular formula is C17H20ClNOS. The SMILES string of the molecule is CCCOc1ccc(Cl)cc1NC(c1cccs1)C1CC1. The van der Waals surface area contributed by atoms with Crippen molar-refractivity contribution in [3.8, 4) is 5.75 Å². The van der Waals surface area contributed by atoms with E-state index >= 15 is 0 Å². The van der Waals surface area contributed by atoms with Crippen molar-refractivity contribution in [2.24, 2.45) is 5.92 Å². The third kappa shape index (κ3) is 3.72. The van der Waals surface area contributed by atoms with E-state index in [-0.39, 0.29) is 0 Å². The smallest absolute Gasteiger partial charge is 0.142 e. The number of hydrogen-bond donors (Lipinski definition) is 1. The van der Waals surface area contributed by atoms with Crippen LogP contribution in [0.5, 0.6) is 5.75 Å². The van der Waals surface area contributed by atoms with Gasteiger partial charge in [-0.05, 0) is 54.8 Å². The van der Waals surface area contributed by atoms with Crippen LogP contribution in [0.15, 0.2) is 35.7 Å². The fourth-order valence-corrected chi connectivity index (χ4v) is 3.48. The predicted octanol–water partition coefficient (Wildman–Crippen LogP) is 5.75. The minimum atomic E-state index is 0.368. The lowest BCUT2D eigenvalue weighted by Gasteiger charge is -2.21. The molecule has 3 rings (SSSR count). The number of halogens is 1. The van der Waals surface area contributed by atoms with E-state index in [0.717, 1.165) is 35.4 Å². The van der Waals surface area contributed by atoms with Crippen LogP contribution in [0.3, 0.4) is 0 Å². The highest BCUT2D eigenvalue weighted by molar-refractivity contribution is 7.10. The molecule has 0 spiro atoms. The van der Waals surface area contributed by atoms with Crippen molar-refractivity contribution in [3.05, 3.63) is 45.6 Å². The second kappa shape index (κ2) is 6.71. The van der Waals surface area contributed by atoms with E-state index < -0.39 is 0 Å². The van der Waals surface area contributed by atoms with Crippen LogP contribution < -0.4 is 10.1 Å². The summed E-state index contributed by atoms with van der Waals surface area (Å²) in [7, 11) is 0. The van der Waals surface area contributed by atoms with Crippen molar-refractivity contribution in [2.45, 2.75) is 32.2 Å². The van der Waals surface area contributed by atoms with Gasteiger partial charge >= 0.3 is 0 Å². The molecule has 1 aliphatic rings. The van der Waals surface area contributed by atoms with Crippen molar-refractivity contribution in [1.29, 1.82) is 0 Å². The van der Waals surface area contributed by atoms with E-state index in [1.807, 2.05) is 29.5 Å².